The Hall–Kier alpha value is -1.40. The van der Waals surface area contributed by atoms with E-state index >= 15 is 0 Å². The second kappa shape index (κ2) is 7.66. The average molecular weight is 334 g/mol. The monoisotopic (exact) mass is 334 g/mol. The van der Waals surface area contributed by atoms with E-state index in [9.17, 15) is 4.79 Å². The van der Waals surface area contributed by atoms with Crippen LogP contribution in [0.25, 0.3) is 0 Å². The lowest BCUT2D eigenvalue weighted by atomic mass is 9.96. The summed E-state index contributed by atoms with van der Waals surface area (Å²) < 4.78 is 7.54. The van der Waals surface area contributed by atoms with E-state index in [0.717, 1.165) is 38.8 Å². The molecule has 0 amide bonds. The van der Waals surface area contributed by atoms with Crippen molar-refractivity contribution < 1.29 is 4.74 Å². The molecule has 6 nitrogen and oxygen atoms in total. The van der Waals surface area contributed by atoms with Crippen LogP contribution < -0.4 is 15.8 Å². The van der Waals surface area contributed by atoms with Crippen molar-refractivity contribution in [2.75, 3.05) is 18.0 Å². The molecule has 0 saturated carbocycles. The Labute approximate surface area is 144 Å². The molecule has 0 aliphatic carbocycles. The molecule has 1 aromatic rings. The first-order valence-corrected chi connectivity index (χ1v) is 9.28. The maximum atomic E-state index is 12.4. The van der Waals surface area contributed by atoms with Gasteiger partial charge in [0.15, 0.2) is 5.82 Å². The minimum Gasteiger partial charge on any atom is -0.375 e. The summed E-state index contributed by atoms with van der Waals surface area (Å²) >= 11 is 0. The Balaban J connectivity index is 1.55. The molecule has 2 saturated heterocycles. The number of hydrogen-bond acceptors (Lipinski definition) is 5. The van der Waals surface area contributed by atoms with E-state index in [2.05, 4.69) is 29.0 Å². The number of piperidine rings is 1. The molecule has 0 aromatic carbocycles. The van der Waals surface area contributed by atoms with Crippen LogP contribution in [0.3, 0.4) is 0 Å². The number of aromatic nitrogens is 2. The lowest BCUT2D eigenvalue weighted by Gasteiger charge is -2.38. The fourth-order valence-electron chi connectivity index (χ4n) is 4.03. The zero-order valence-electron chi connectivity index (χ0n) is 15.1. The van der Waals surface area contributed by atoms with Crippen molar-refractivity contribution in [3.8, 4) is 0 Å². The molecule has 0 spiro atoms. The van der Waals surface area contributed by atoms with Crippen LogP contribution in [0.1, 0.15) is 46.5 Å². The van der Waals surface area contributed by atoms with E-state index < -0.39 is 0 Å². The maximum Gasteiger partial charge on any atom is 0.293 e. The molecule has 24 heavy (non-hydrogen) atoms. The average Bonchev–Trinajstić information content (AvgIpc) is 2.55. The minimum atomic E-state index is 0.0264. The van der Waals surface area contributed by atoms with Gasteiger partial charge in [-0.15, -0.1) is 0 Å². The third-order valence-corrected chi connectivity index (χ3v) is 5.20. The molecule has 0 unspecified atom stereocenters. The zero-order chi connectivity index (χ0) is 17.1. The molecular weight excluding hydrogens is 304 g/mol. The van der Waals surface area contributed by atoms with Crippen LogP contribution in [0.2, 0.25) is 0 Å². The highest BCUT2D eigenvalue weighted by Crippen LogP contribution is 2.22. The highest BCUT2D eigenvalue weighted by Gasteiger charge is 2.28. The van der Waals surface area contributed by atoms with Crippen LogP contribution in [-0.2, 0) is 11.3 Å². The van der Waals surface area contributed by atoms with E-state index in [1.54, 1.807) is 17.0 Å². The normalized spacial score (nSPS) is 29.0. The van der Waals surface area contributed by atoms with E-state index in [1.807, 2.05) is 6.92 Å². The topological polar surface area (TPSA) is 59.4 Å². The number of anilines is 1. The van der Waals surface area contributed by atoms with Gasteiger partial charge < -0.3 is 19.5 Å². The Morgan fingerprint density at radius 2 is 1.88 bits per heavy atom. The molecule has 3 heterocycles. The summed E-state index contributed by atoms with van der Waals surface area (Å²) in [5.74, 6) is 0.603. The predicted octanol–water partition coefficient (Wildman–Crippen LogP) is 1.78. The van der Waals surface area contributed by atoms with Crippen LogP contribution in [-0.4, -0.2) is 46.9 Å². The summed E-state index contributed by atoms with van der Waals surface area (Å²) in [7, 11) is 0. The molecule has 2 atom stereocenters. The largest absolute Gasteiger partial charge is 0.375 e. The molecule has 1 N–H and O–H groups in total. The first-order chi connectivity index (χ1) is 11.6. The summed E-state index contributed by atoms with van der Waals surface area (Å²) in [5, 5.41) is 3.82. The second-order valence-corrected chi connectivity index (χ2v) is 7.20. The van der Waals surface area contributed by atoms with Gasteiger partial charge in [-0.25, -0.2) is 4.98 Å². The first-order valence-electron chi connectivity index (χ1n) is 9.28. The van der Waals surface area contributed by atoms with Crippen LogP contribution in [0.4, 0.5) is 5.82 Å². The molecule has 2 aliphatic rings. The van der Waals surface area contributed by atoms with Gasteiger partial charge in [0.2, 0.25) is 0 Å². The van der Waals surface area contributed by atoms with Gasteiger partial charge in [0.05, 0.1) is 12.2 Å². The summed E-state index contributed by atoms with van der Waals surface area (Å²) in [6, 6.07) is 1.08. The Bertz CT molecular complexity index is 585. The third-order valence-electron chi connectivity index (χ3n) is 5.20. The minimum absolute atomic E-state index is 0.0264. The Morgan fingerprint density at radius 3 is 2.50 bits per heavy atom. The highest BCUT2D eigenvalue weighted by atomic mass is 16.5. The number of ether oxygens (including phenoxy) is 1. The standard InChI is InChI=1S/C18H30N4O2/c1-4-21-10-7-19-17(18(21)23)22-8-5-15(6-9-22)20-16-11-13(2)24-14(3)12-16/h7,10,13-16,20H,4-6,8-9,11-12H2,1-3H3/t13-,14-/m0/s1. The molecule has 3 rings (SSSR count). The number of nitrogens with one attached hydrogen (secondary N) is 1. The van der Waals surface area contributed by atoms with Gasteiger partial charge in [-0.05, 0) is 46.5 Å². The predicted molar refractivity (Wildman–Crippen MR) is 95.6 cm³/mol. The Morgan fingerprint density at radius 1 is 1.21 bits per heavy atom. The van der Waals surface area contributed by atoms with Gasteiger partial charge in [0.25, 0.3) is 5.56 Å². The summed E-state index contributed by atoms with van der Waals surface area (Å²) in [6.07, 6.45) is 8.46. The number of hydrogen-bond donors (Lipinski definition) is 1. The molecule has 0 bridgehead atoms. The van der Waals surface area contributed by atoms with Crippen molar-refractivity contribution in [2.45, 2.75) is 77.3 Å². The quantitative estimate of drug-likeness (QED) is 0.909. The number of aryl methyl sites for hydroxylation is 1. The van der Waals surface area contributed by atoms with E-state index in [-0.39, 0.29) is 5.56 Å². The van der Waals surface area contributed by atoms with Crippen molar-refractivity contribution in [1.29, 1.82) is 0 Å². The van der Waals surface area contributed by atoms with Crippen LogP contribution in [0.5, 0.6) is 0 Å². The van der Waals surface area contributed by atoms with Crippen molar-refractivity contribution in [3.63, 3.8) is 0 Å². The van der Waals surface area contributed by atoms with Gasteiger partial charge >= 0.3 is 0 Å². The van der Waals surface area contributed by atoms with E-state index in [1.165, 1.54) is 0 Å². The van der Waals surface area contributed by atoms with Gasteiger partial charge in [-0.1, -0.05) is 0 Å². The summed E-state index contributed by atoms with van der Waals surface area (Å²) in [4.78, 5) is 18.9. The van der Waals surface area contributed by atoms with Crippen LogP contribution in [0, 0.1) is 0 Å². The Kier molecular flexibility index (Phi) is 5.56. The molecule has 2 fully saturated rings. The maximum absolute atomic E-state index is 12.4. The highest BCUT2D eigenvalue weighted by molar-refractivity contribution is 5.36. The van der Waals surface area contributed by atoms with Crippen LogP contribution >= 0.6 is 0 Å². The number of rotatable bonds is 4. The summed E-state index contributed by atoms with van der Waals surface area (Å²) in [5.41, 5.74) is 0.0264. The van der Waals surface area contributed by atoms with Crippen molar-refractivity contribution in [3.05, 3.63) is 22.7 Å². The van der Waals surface area contributed by atoms with E-state index in [0.29, 0.717) is 36.7 Å². The van der Waals surface area contributed by atoms with Gasteiger partial charge in [0, 0.05) is 44.1 Å². The molecule has 2 aliphatic heterocycles. The van der Waals surface area contributed by atoms with Crippen molar-refractivity contribution in [2.24, 2.45) is 0 Å². The second-order valence-electron chi connectivity index (χ2n) is 7.20. The number of nitrogens with zero attached hydrogens (tertiary/aromatic N) is 3. The molecule has 0 radical (unpaired) electrons. The molecular formula is C18H30N4O2. The summed E-state index contributed by atoms with van der Waals surface area (Å²) in [6.45, 7) is 8.77. The third kappa shape index (κ3) is 3.98. The lowest BCUT2D eigenvalue weighted by molar-refractivity contribution is -0.0439. The SMILES string of the molecule is CCn1ccnc(N2CCC(NC3C[C@H](C)O[C@@H](C)C3)CC2)c1=O. The van der Waals surface area contributed by atoms with Gasteiger partial charge in [-0.2, -0.15) is 0 Å². The molecule has 1 aromatic heterocycles. The molecule has 134 valence electrons. The van der Waals surface area contributed by atoms with Gasteiger partial charge in [-0.3, -0.25) is 4.79 Å². The van der Waals surface area contributed by atoms with Crippen molar-refractivity contribution >= 4 is 5.82 Å². The first kappa shape index (κ1) is 17.4. The van der Waals surface area contributed by atoms with Gasteiger partial charge in [0.1, 0.15) is 0 Å². The van der Waals surface area contributed by atoms with E-state index in [4.69, 9.17) is 4.74 Å². The lowest BCUT2D eigenvalue weighted by Crippen LogP contribution is -2.50. The fourth-order valence-corrected chi connectivity index (χ4v) is 4.03. The smallest absolute Gasteiger partial charge is 0.293 e. The molecule has 6 heteroatoms. The fraction of sp³-hybridized carbons (Fsp3) is 0.778. The van der Waals surface area contributed by atoms with Crippen molar-refractivity contribution in [1.82, 2.24) is 14.9 Å². The van der Waals surface area contributed by atoms with Crippen LogP contribution in [0.15, 0.2) is 17.2 Å². The zero-order valence-corrected chi connectivity index (χ0v) is 15.1.